The third-order valence-electron chi connectivity index (χ3n) is 2.23. The van der Waals surface area contributed by atoms with Crippen molar-refractivity contribution in [1.29, 1.82) is 0 Å². The van der Waals surface area contributed by atoms with E-state index < -0.39 is 0 Å². The van der Waals surface area contributed by atoms with Crippen molar-refractivity contribution in [3.05, 3.63) is 58.1 Å². The Hall–Kier alpha value is -1.22. The van der Waals surface area contributed by atoms with Gasteiger partial charge in [0.15, 0.2) is 0 Å². The highest BCUT2D eigenvalue weighted by atomic mass is 35.5. The van der Waals surface area contributed by atoms with Crippen LogP contribution in [0.2, 0.25) is 10.0 Å². The van der Waals surface area contributed by atoms with E-state index in [-0.39, 0.29) is 6.61 Å². The van der Waals surface area contributed by atoms with Crippen molar-refractivity contribution in [2.75, 3.05) is 0 Å². The third-order valence-corrected chi connectivity index (χ3v) is 2.77. The van der Waals surface area contributed by atoms with E-state index in [2.05, 4.69) is 0 Å². The maximum Gasteiger partial charge on any atom is 0.147 e. The predicted molar refractivity (Wildman–Crippen MR) is 68.9 cm³/mol. The van der Waals surface area contributed by atoms with E-state index in [1.54, 1.807) is 42.5 Å². The monoisotopic (exact) mass is 268 g/mol. The molecular weight excluding hydrogens is 259 g/mol. The van der Waals surface area contributed by atoms with Crippen LogP contribution in [0.1, 0.15) is 5.56 Å². The van der Waals surface area contributed by atoms with E-state index in [0.29, 0.717) is 21.5 Å². The molecule has 0 unspecified atom stereocenters. The standard InChI is InChI=1S/C13H10Cl2O2/c14-10-3-6-12(15)13(7-10)17-11-4-1-9(8-16)2-5-11/h1-7,16H,8H2. The van der Waals surface area contributed by atoms with E-state index in [1.807, 2.05) is 0 Å². The SMILES string of the molecule is OCc1ccc(Oc2cc(Cl)ccc2Cl)cc1. The average Bonchev–Trinajstić information content (AvgIpc) is 2.35. The molecular formula is C13H10Cl2O2. The highest BCUT2D eigenvalue weighted by molar-refractivity contribution is 6.34. The van der Waals surface area contributed by atoms with Crippen LogP contribution in [0.5, 0.6) is 11.5 Å². The Bertz CT molecular complexity index is 509. The lowest BCUT2D eigenvalue weighted by molar-refractivity contribution is 0.281. The molecule has 4 heteroatoms. The summed E-state index contributed by atoms with van der Waals surface area (Å²) in [5, 5.41) is 9.99. The molecule has 88 valence electrons. The van der Waals surface area contributed by atoms with Crippen LogP contribution < -0.4 is 4.74 Å². The van der Waals surface area contributed by atoms with Gasteiger partial charge in [0.25, 0.3) is 0 Å². The quantitative estimate of drug-likeness (QED) is 0.901. The number of rotatable bonds is 3. The Morgan fingerprint density at radius 2 is 1.71 bits per heavy atom. The fourth-order valence-corrected chi connectivity index (χ4v) is 1.66. The Morgan fingerprint density at radius 3 is 2.35 bits per heavy atom. The lowest BCUT2D eigenvalue weighted by atomic mass is 10.2. The van der Waals surface area contributed by atoms with E-state index >= 15 is 0 Å². The van der Waals surface area contributed by atoms with E-state index in [0.717, 1.165) is 5.56 Å². The second kappa shape index (κ2) is 5.41. The summed E-state index contributed by atoms with van der Waals surface area (Å²) in [6, 6.07) is 12.1. The fraction of sp³-hybridized carbons (Fsp3) is 0.0769. The summed E-state index contributed by atoms with van der Waals surface area (Å²) >= 11 is 11.8. The molecule has 2 rings (SSSR count). The first-order valence-corrected chi connectivity index (χ1v) is 5.77. The molecule has 0 aliphatic heterocycles. The van der Waals surface area contributed by atoms with Gasteiger partial charge in [-0.1, -0.05) is 35.3 Å². The first kappa shape index (κ1) is 12.2. The molecule has 0 heterocycles. The molecule has 0 amide bonds. The van der Waals surface area contributed by atoms with Gasteiger partial charge in [-0.05, 0) is 29.8 Å². The van der Waals surface area contributed by atoms with Crippen LogP contribution in [0.25, 0.3) is 0 Å². The first-order valence-electron chi connectivity index (χ1n) is 5.02. The smallest absolute Gasteiger partial charge is 0.147 e. The maximum absolute atomic E-state index is 8.92. The van der Waals surface area contributed by atoms with Gasteiger partial charge in [-0.2, -0.15) is 0 Å². The molecule has 0 radical (unpaired) electrons. The number of ether oxygens (including phenoxy) is 1. The summed E-state index contributed by atoms with van der Waals surface area (Å²) < 4.78 is 5.59. The summed E-state index contributed by atoms with van der Waals surface area (Å²) in [4.78, 5) is 0. The minimum Gasteiger partial charge on any atom is -0.456 e. The average molecular weight is 269 g/mol. The highest BCUT2D eigenvalue weighted by Gasteiger charge is 2.04. The molecule has 0 fully saturated rings. The lowest BCUT2D eigenvalue weighted by Crippen LogP contribution is -1.87. The van der Waals surface area contributed by atoms with Gasteiger partial charge in [-0.25, -0.2) is 0 Å². The minimum atomic E-state index is 0.0121. The van der Waals surface area contributed by atoms with Gasteiger partial charge in [-0.3, -0.25) is 0 Å². The van der Waals surface area contributed by atoms with Gasteiger partial charge < -0.3 is 9.84 Å². The molecule has 0 atom stereocenters. The molecule has 0 aliphatic carbocycles. The number of hydrogen-bond donors (Lipinski definition) is 1. The number of benzene rings is 2. The van der Waals surface area contributed by atoms with Gasteiger partial charge in [-0.15, -0.1) is 0 Å². The van der Waals surface area contributed by atoms with E-state index in [4.69, 9.17) is 33.0 Å². The summed E-state index contributed by atoms with van der Waals surface area (Å²) in [6.07, 6.45) is 0. The number of aliphatic hydroxyl groups is 1. The molecule has 2 aromatic carbocycles. The van der Waals surface area contributed by atoms with Gasteiger partial charge >= 0.3 is 0 Å². The molecule has 2 aromatic rings. The fourth-order valence-electron chi connectivity index (χ4n) is 1.35. The summed E-state index contributed by atoms with van der Waals surface area (Å²) in [5.74, 6) is 1.15. The Labute approximate surface area is 109 Å². The second-order valence-electron chi connectivity index (χ2n) is 3.48. The van der Waals surface area contributed by atoms with Crippen LogP contribution in [0.15, 0.2) is 42.5 Å². The molecule has 0 aliphatic rings. The topological polar surface area (TPSA) is 29.5 Å². The largest absolute Gasteiger partial charge is 0.456 e. The molecule has 17 heavy (non-hydrogen) atoms. The Morgan fingerprint density at radius 1 is 1.00 bits per heavy atom. The minimum absolute atomic E-state index is 0.0121. The molecule has 0 bridgehead atoms. The summed E-state index contributed by atoms with van der Waals surface area (Å²) in [7, 11) is 0. The number of hydrogen-bond acceptors (Lipinski definition) is 2. The van der Waals surface area contributed by atoms with Crippen molar-refractivity contribution in [3.63, 3.8) is 0 Å². The van der Waals surface area contributed by atoms with Gasteiger partial charge in [0.1, 0.15) is 11.5 Å². The lowest BCUT2D eigenvalue weighted by Gasteiger charge is -2.08. The van der Waals surface area contributed by atoms with Gasteiger partial charge in [0.2, 0.25) is 0 Å². The summed E-state index contributed by atoms with van der Waals surface area (Å²) in [6.45, 7) is 0.0121. The van der Waals surface area contributed by atoms with E-state index in [9.17, 15) is 0 Å². The molecule has 0 saturated heterocycles. The predicted octanol–water partition coefficient (Wildman–Crippen LogP) is 4.28. The third kappa shape index (κ3) is 3.13. The molecule has 2 nitrogen and oxygen atoms in total. The van der Waals surface area contributed by atoms with Crippen molar-refractivity contribution in [3.8, 4) is 11.5 Å². The molecule has 1 N–H and O–H groups in total. The van der Waals surface area contributed by atoms with Crippen LogP contribution in [0, 0.1) is 0 Å². The van der Waals surface area contributed by atoms with Crippen LogP contribution in [0.3, 0.4) is 0 Å². The van der Waals surface area contributed by atoms with Crippen LogP contribution in [0.4, 0.5) is 0 Å². The van der Waals surface area contributed by atoms with Gasteiger partial charge in [0.05, 0.1) is 11.6 Å². The second-order valence-corrected chi connectivity index (χ2v) is 4.32. The maximum atomic E-state index is 8.92. The number of aliphatic hydroxyl groups excluding tert-OH is 1. The van der Waals surface area contributed by atoms with Crippen molar-refractivity contribution in [1.82, 2.24) is 0 Å². The number of halogens is 2. The van der Waals surface area contributed by atoms with Crippen molar-refractivity contribution >= 4 is 23.2 Å². The normalized spacial score (nSPS) is 10.3. The molecule has 0 spiro atoms. The zero-order chi connectivity index (χ0) is 12.3. The zero-order valence-corrected chi connectivity index (χ0v) is 10.4. The Kier molecular flexibility index (Phi) is 3.89. The van der Waals surface area contributed by atoms with Gasteiger partial charge in [0, 0.05) is 11.1 Å². The van der Waals surface area contributed by atoms with Crippen LogP contribution >= 0.6 is 23.2 Å². The molecule has 0 saturated carbocycles. The van der Waals surface area contributed by atoms with Crippen molar-refractivity contribution in [2.45, 2.75) is 6.61 Å². The molecule has 0 aromatic heterocycles. The van der Waals surface area contributed by atoms with Crippen LogP contribution in [-0.4, -0.2) is 5.11 Å². The highest BCUT2D eigenvalue weighted by Crippen LogP contribution is 2.31. The van der Waals surface area contributed by atoms with Crippen molar-refractivity contribution in [2.24, 2.45) is 0 Å². The van der Waals surface area contributed by atoms with Crippen LogP contribution in [-0.2, 0) is 6.61 Å². The summed E-state index contributed by atoms with van der Waals surface area (Å²) in [5.41, 5.74) is 0.828. The van der Waals surface area contributed by atoms with Crippen molar-refractivity contribution < 1.29 is 9.84 Å². The Balaban J connectivity index is 2.22. The first-order chi connectivity index (χ1) is 8.19. The zero-order valence-electron chi connectivity index (χ0n) is 8.86. The van der Waals surface area contributed by atoms with E-state index in [1.165, 1.54) is 0 Å².